The highest BCUT2D eigenvalue weighted by atomic mass is 15.2. The minimum Gasteiger partial charge on any atom is -0.325 e. The average Bonchev–Trinajstić information content (AvgIpc) is 3.56. The molecule has 1 N–H and O–H groups in total. The Bertz CT molecular complexity index is 1730. The third-order valence-corrected chi connectivity index (χ3v) is 11.2. The third-order valence-electron chi connectivity index (χ3n) is 11.2. The van der Waals surface area contributed by atoms with Crippen LogP contribution in [0.1, 0.15) is 57.8 Å². The van der Waals surface area contributed by atoms with Crippen molar-refractivity contribution in [3.05, 3.63) is 142 Å². The number of nitrogens with zero attached hydrogens (tertiary/aromatic N) is 2. The predicted octanol–water partition coefficient (Wildman–Crippen LogP) is 8.80. The van der Waals surface area contributed by atoms with Crippen LogP contribution in [0.15, 0.2) is 152 Å². The van der Waals surface area contributed by atoms with E-state index in [1.807, 2.05) is 0 Å². The standard InChI is InChI=1S/C40H39N3/c1-3-13-26(14-4-1)37-41-38(27-15-5-2-6-16-27)43-39(42-37)28-23-24-32-31-19-9-12-22-35(31)40(36(32)25-28)33-20-10-7-17-29(33)30-18-8-11-21-34(30)40/h1,3-5,7,9-13,15-17,19,21,25-26,33,35,37H,2,6,8,14,18,20,22-24H2,(H,41,42,43). The van der Waals surface area contributed by atoms with Crippen LogP contribution in [-0.4, -0.2) is 17.8 Å². The summed E-state index contributed by atoms with van der Waals surface area (Å²) in [5.74, 6) is 3.33. The number of aliphatic imine (C=N–C) groups is 2. The van der Waals surface area contributed by atoms with E-state index in [1.54, 1.807) is 33.4 Å². The average molecular weight is 562 g/mol. The zero-order valence-corrected chi connectivity index (χ0v) is 24.8. The first-order valence-electron chi connectivity index (χ1n) is 16.5. The normalized spacial score (nSPS) is 35.0. The molecule has 3 nitrogen and oxygen atoms in total. The van der Waals surface area contributed by atoms with Gasteiger partial charge in [0.05, 0.1) is 0 Å². The molecule has 0 radical (unpaired) electrons. The zero-order chi connectivity index (χ0) is 28.4. The van der Waals surface area contributed by atoms with Crippen molar-refractivity contribution in [2.24, 2.45) is 33.2 Å². The van der Waals surface area contributed by atoms with E-state index >= 15 is 0 Å². The second kappa shape index (κ2) is 10.0. The van der Waals surface area contributed by atoms with Crippen LogP contribution in [0, 0.1) is 23.2 Å². The summed E-state index contributed by atoms with van der Waals surface area (Å²) >= 11 is 0. The van der Waals surface area contributed by atoms with Gasteiger partial charge in [0.15, 0.2) is 6.17 Å². The molecule has 0 aromatic heterocycles. The molecule has 0 amide bonds. The predicted molar refractivity (Wildman–Crippen MR) is 177 cm³/mol. The second-order valence-corrected chi connectivity index (χ2v) is 13.3. The number of rotatable bonds is 3. The number of allylic oxidation sites excluding steroid dienone is 20. The van der Waals surface area contributed by atoms with Crippen molar-refractivity contribution in [1.29, 1.82) is 0 Å². The van der Waals surface area contributed by atoms with Crippen LogP contribution in [-0.2, 0) is 0 Å². The van der Waals surface area contributed by atoms with Crippen molar-refractivity contribution in [1.82, 2.24) is 5.32 Å². The molecule has 9 rings (SSSR count). The molecule has 0 aromatic rings. The molecule has 0 saturated carbocycles. The monoisotopic (exact) mass is 561 g/mol. The fraction of sp³-hybridized carbons (Fsp3) is 0.350. The summed E-state index contributed by atoms with van der Waals surface area (Å²) in [4.78, 5) is 10.6. The summed E-state index contributed by atoms with van der Waals surface area (Å²) in [6, 6.07) is 0. The third kappa shape index (κ3) is 3.79. The highest BCUT2D eigenvalue weighted by Gasteiger charge is 2.61. The van der Waals surface area contributed by atoms with Gasteiger partial charge in [0.1, 0.15) is 11.7 Å². The Morgan fingerprint density at radius 2 is 1.44 bits per heavy atom. The lowest BCUT2D eigenvalue weighted by Crippen LogP contribution is -2.41. The highest BCUT2D eigenvalue weighted by Crippen LogP contribution is 2.70. The van der Waals surface area contributed by atoms with E-state index in [0.717, 1.165) is 63.0 Å². The van der Waals surface area contributed by atoms with Gasteiger partial charge in [-0.25, -0.2) is 9.98 Å². The molecule has 0 bridgehead atoms. The summed E-state index contributed by atoms with van der Waals surface area (Å²) in [5.41, 5.74) is 12.2. The molecule has 214 valence electrons. The number of amidine groups is 2. The Morgan fingerprint density at radius 1 is 0.674 bits per heavy atom. The molecule has 1 spiro atoms. The van der Waals surface area contributed by atoms with E-state index in [-0.39, 0.29) is 17.5 Å². The molecule has 1 aliphatic heterocycles. The summed E-state index contributed by atoms with van der Waals surface area (Å²) < 4.78 is 0. The maximum Gasteiger partial charge on any atom is 0.150 e. The van der Waals surface area contributed by atoms with Gasteiger partial charge in [-0.3, -0.25) is 0 Å². The summed E-state index contributed by atoms with van der Waals surface area (Å²) in [7, 11) is 0. The molecule has 5 unspecified atom stereocenters. The van der Waals surface area contributed by atoms with Gasteiger partial charge in [-0.2, -0.15) is 0 Å². The van der Waals surface area contributed by atoms with Crippen LogP contribution in [0.5, 0.6) is 0 Å². The van der Waals surface area contributed by atoms with Gasteiger partial charge in [0, 0.05) is 28.7 Å². The van der Waals surface area contributed by atoms with Crippen molar-refractivity contribution < 1.29 is 0 Å². The molecular weight excluding hydrogens is 522 g/mol. The number of nitrogens with one attached hydrogen (secondary N) is 1. The van der Waals surface area contributed by atoms with Gasteiger partial charge in [0.25, 0.3) is 0 Å². The molecule has 9 aliphatic rings. The topological polar surface area (TPSA) is 36.8 Å². The molecule has 3 heteroatoms. The Balaban J connectivity index is 1.18. The SMILES string of the molecule is C1=CCC(C2N=C(C3=CCCC=C3)NC(C3=CC4=C(CC3)C3=CC=CCC3C43C4=C(CCC=C4)C4=CC=CCC43)=N2)C=C1. The summed E-state index contributed by atoms with van der Waals surface area (Å²) in [6.07, 6.45) is 47.4. The van der Waals surface area contributed by atoms with Crippen LogP contribution in [0.4, 0.5) is 0 Å². The quantitative estimate of drug-likeness (QED) is 0.367. The van der Waals surface area contributed by atoms with Crippen molar-refractivity contribution in [2.75, 3.05) is 0 Å². The van der Waals surface area contributed by atoms with E-state index in [9.17, 15) is 0 Å². The Hall–Kier alpha value is -3.98. The van der Waals surface area contributed by atoms with Crippen molar-refractivity contribution in [3.63, 3.8) is 0 Å². The van der Waals surface area contributed by atoms with E-state index in [4.69, 9.17) is 9.98 Å². The molecule has 0 fully saturated rings. The highest BCUT2D eigenvalue weighted by molar-refractivity contribution is 6.17. The van der Waals surface area contributed by atoms with E-state index < -0.39 is 0 Å². The molecule has 0 saturated heterocycles. The van der Waals surface area contributed by atoms with Crippen molar-refractivity contribution in [2.45, 2.75) is 64.0 Å². The van der Waals surface area contributed by atoms with Gasteiger partial charge in [-0.1, -0.05) is 97.2 Å². The largest absolute Gasteiger partial charge is 0.325 e. The lowest BCUT2D eigenvalue weighted by Gasteiger charge is -2.43. The zero-order valence-electron chi connectivity index (χ0n) is 24.8. The molecule has 43 heavy (non-hydrogen) atoms. The first kappa shape index (κ1) is 25.5. The van der Waals surface area contributed by atoms with Gasteiger partial charge in [-0.05, 0) is 96.8 Å². The fourth-order valence-corrected chi connectivity index (χ4v) is 9.40. The van der Waals surface area contributed by atoms with Crippen molar-refractivity contribution >= 4 is 11.7 Å². The Kier molecular flexibility index (Phi) is 5.96. The van der Waals surface area contributed by atoms with Crippen LogP contribution in [0.25, 0.3) is 0 Å². The van der Waals surface area contributed by atoms with Gasteiger partial charge >= 0.3 is 0 Å². The molecular formula is C40H39N3. The first-order chi connectivity index (χ1) is 21.3. The van der Waals surface area contributed by atoms with Crippen molar-refractivity contribution in [3.8, 4) is 0 Å². The minimum atomic E-state index is -0.105. The van der Waals surface area contributed by atoms with Crippen LogP contribution >= 0.6 is 0 Å². The summed E-state index contributed by atoms with van der Waals surface area (Å²) in [5, 5.41) is 3.77. The molecule has 8 aliphatic carbocycles. The maximum absolute atomic E-state index is 5.37. The molecule has 0 aromatic carbocycles. The number of hydrogen-bond acceptors (Lipinski definition) is 3. The van der Waals surface area contributed by atoms with Crippen LogP contribution in [0.3, 0.4) is 0 Å². The second-order valence-electron chi connectivity index (χ2n) is 13.3. The molecule has 5 atom stereocenters. The van der Waals surface area contributed by atoms with Crippen LogP contribution in [0.2, 0.25) is 0 Å². The lowest BCUT2D eigenvalue weighted by atomic mass is 9.59. The van der Waals surface area contributed by atoms with E-state index in [0.29, 0.717) is 11.8 Å². The van der Waals surface area contributed by atoms with Gasteiger partial charge in [-0.15, -0.1) is 0 Å². The Labute approximate surface area is 255 Å². The summed E-state index contributed by atoms with van der Waals surface area (Å²) in [6.45, 7) is 0. The first-order valence-corrected chi connectivity index (χ1v) is 16.5. The lowest BCUT2D eigenvalue weighted by molar-refractivity contribution is 0.253. The van der Waals surface area contributed by atoms with E-state index in [1.165, 1.54) is 17.6 Å². The fourth-order valence-electron chi connectivity index (χ4n) is 9.40. The van der Waals surface area contributed by atoms with E-state index in [2.05, 4.69) is 103 Å². The minimum absolute atomic E-state index is 0.0114. The maximum atomic E-state index is 5.37. The smallest absolute Gasteiger partial charge is 0.150 e. The Morgan fingerprint density at radius 3 is 2.21 bits per heavy atom. The van der Waals surface area contributed by atoms with Crippen LogP contribution < -0.4 is 5.32 Å². The van der Waals surface area contributed by atoms with Gasteiger partial charge in [0.2, 0.25) is 0 Å². The number of fused-ring (bicyclic) bond motifs is 8. The number of hydrogen-bond donors (Lipinski definition) is 1. The van der Waals surface area contributed by atoms with Gasteiger partial charge < -0.3 is 5.32 Å². The molecule has 1 heterocycles.